The number of hydrogen-bond donors (Lipinski definition) is 2. The summed E-state index contributed by atoms with van der Waals surface area (Å²) < 4.78 is 6.96. The van der Waals surface area contributed by atoms with Crippen molar-refractivity contribution in [1.29, 1.82) is 0 Å². The van der Waals surface area contributed by atoms with Gasteiger partial charge >= 0.3 is 0 Å². The molecule has 3 N–H and O–H groups in total. The van der Waals surface area contributed by atoms with E-state index in [0.29, 0.717) is 45.4 Å². The van der Waals surface area contributed by atoms with Crippen molar-refractivity contribution in [3.05, 3.63) is 84.3 Å². The van der Waals surface area contributed by atoms with Gasteiger partial charge in [-0.2, -0.15) is 4.98 Å². The maximum absolute atomic E-state index is 13.1. The van der Waals surface area contributed by atoms with Crippen molar-refractivity contribution in [3.63, 3.8) is 0 Å². The first-order valence-electron chi connectivity index (χ1n) is 12.4. The van der Waals surface area contributed by atoms with Gasteiger partial charge in [0.15, 0.2) is 5.82 Å². The molecule has 40 heavy (non-hydrogen) atoms. The summed E-state index contributed by atoms with van der Waals surface area (Å²) in [5.74, 6) is 0.810. The van der Waals surface area contributed by atoms with Crippen molar-refractivity contribution in [2.75, 3.05) is 18.1 Å². The van der Waals surface area contributed by atoms with Crippen LogP contribution in [0.15, 0.2) is 71.5 Å². The quantitative estimate of drug-likeness (QED) is 0.292. The Morgan fingerprint density at radius 2 is 1.75 bits per heavy atom. The standard InChI is InChI=1S/C29H28N8O3/c1-16(2)28(38)34-21-12-10-19(11-13-21)25-23(24-26(30)31-15-32-27(24)37(25)5)18-6-8-20(9-7-18)29(39)36(4)14-22-33-17(3)40-35-22/h6-13,15H,1,14H2,2-5H3,(H,34,38)(H2,30,31,32). The van der Waals surface area contributed by atoms with Gasteiger partial charge in [0.05, 0.1) is 17.6 Å². The third-order valence-electron chi connectivity index (χ3n) is 6.52. The van der Waals surface area contributed by atoms with Crippen molar-refractivity contribution >= 4 is 34.4 Å². The van der Waals surface area contributed by atoms with Crippen LogP contribution in [0.3, 0.4) is 0 Å². The summed E-state index contributed by atoms with van der Waals surface area (Å²) in [7, 11) is 3.60. The van der Waals surface area contributed by atoms with Gasteiger partial charge in [0.1, 0.15) is 17.8 Å². The number of rotatable bonds is 7. The number of anilines is 2. The first kappa shape index (κ1) is 26.3. The molecule has 0 spiro atoms. The maximum atomic E-state index is 13.1. The van der Waals surface area contributed by atoms with Crippen LogP contribution in [-0.4, -0.2) is 48.4 Å². The number of aryl methyl sites for hydroxylation is 2. The summed E-state index contributed by atoms with van der Waals surface area (Å²) in [6.07, 6.45) is 1.43. The van der Waals surface area contributed by atoms with E-state index >= 15 is 0 Å². The maximum Gasteiger partial charge on any atom is 0.254 e. The normalized spacial score (nSPS) is 11.0. The molecular formula is C29H28N8O3. The number of amides is 2. The minimum atomic E-state index is -0.242. The van der Waals surface area contributed by atoms with Gasteiger partial charge in [-0.15, -0.1) is 0 Å². The number of nitrogens with one attached hydrogen (secondary N) is 1. The monoisotopic (exact) mass is 536 g/mol. The molecule has 0 unspecified atom stereocenters. The molecule has 0 aliphatic rings. The fourth-order valence-electron chi connectivity index (χ4n) is 4.53. The predicted molar refractivity (Wildman–Crippen MR) is 152 cm³/mol. The molecule has 0 atom stereocenters. The molecule has 0 aliphatic carbocycles. The Hall–Kier alpha value is -5.32. The smallest absolute Gasteiger partial charge is 0.254 e. The average Bonchev–Trinajstić information content (AvgIpc) is 3.49. The van der Waals surface area contributed by atoms with Gasteiger partial charge in [0.2, 0.25) is 5.89 Å². The summed E-state index contributed by atoms with van der Waals surface area (Å²) >= 11 is 0. The molecule has 2 amide bonds. The number of nitrogens with zero attached hydrogens (tertiary/aromatic N) is 6. The Bertz CT molecular complexity index is 1750. The Kier molecular flexibility index (Phi) is 6.87. The van der Waals surface area contributed by atoms with Gasteiger partial charge in [0, 0.05) is 43.4 Å². The van der Waals surface area contributed by atoms with E-state index in [-0.39, 0.29) is 18.4 Å². The molecule has 202 valence electrons. The lowest BCUT2D eigenvalue weighted by atomic mass is 9.97. The van der Waals surface area contributed by atoms with Crippen molar-refractivity contribution in [3.8, 4) is 22.4 Å². The van der Waals surface area contributed by atoms with Crippen LogP contribution < -0.4 is 11.1 Å². The van der Waals surface area contributed by atoms with Crippen LogP contribution in [0.2, 0.25) is 0 Å². The second kappa shape index (κ2) is 10.4. The van der Waals surface area contributed by atoms with Crippen LogP contribution in [0.1, 0.15) is 29.0 Å². The molecular weight excluding hydrogens is 508 g/mol. The van der Waals surface area contributed by atoms with Gasteiger partial charge in [-0.25, -0.2) is 9.97 Å². The van der Waals surface area contributed by atoms with E-state index in [0.717, 1.165) is 22.4 Å². The van der Waals surface area contributed by atoms with E-state index in [9.17, 15) is 9.59 Å². The van der Waals surface area contributed by atoms with Gasteiger partial charge < -0.3 is 25.0 Å². The number of nitrogen functional groups attached to an aromatic ring is 1. The number of hydrogen-bond acceptors (Lipinski definition) is 8. The van der Waals surface area contributed by atoms with Crippen LogP contribution >= 0.6 is 0 Å². The second-order valence-corrected chi connectivity index (χ2v) is 9.52. The van der Waals surface area contributed by atoms with Gasteiger partial charge in [-0.05, 0) is 42.3 Å². The highest BCUT2D eigenvalue weighted by Crippen LogP contribution is 2.41. The van der Waals surface area contributed by atoms with E-state index in [1.807, 2.05) is 48.0 Å². The lowest BCUT2D eigenvalue weighted by Gasteiger charge is -2.15. The molecule has 11 nitrogen and oxygen atoms in total. The second-order valence-electron chi connectivity index (χ2n) is 9.52. The fourth-order valence-corrected chi connectivity index (χ4v) is 4.53. The Morgan fingerprint density at radius 1 is 1.07 bits per heavy atom. The largest absolute Gasteiger partial charge is 0.383 e. The molecule has 11 heteroatoms. The van der Waals surface area contributed by atoms with Gasteiger partial charge in [-0.3, -0.25) is 9.59 Å². The topological polar surface area (TPSA) is 145 Å². The summed E-state index contributed by atoms with van der Waals surface area (Å²) in [6.45, 7) is 7.26. The molecule has 0 bridgehead atoms. The van der Waals surface area contributed by atoms with Gasteiger partial charge in [-0.1, -0.05) is 36.0 Å². The Balaban J connectivity index is 1.52. The predicted octanol–water partition coefficient (Wildman–Crippen LogP) is 4.36. The number of fused-ring (bicyclic) bond motifs is 1. The molecule has 3 aromatic heterocycles. The summed E-state index contributed by atoms with van der Waals surface area (Å²) in [4.78, 5) is 39.5. The third-order valence-corrected chi connectivity index (χ3v) is 6.52. The molecule has 0 saturated carbocycles. The number of benzene rings is 2. The van der Waals surface area contributed by atoms with Crippen LogP contribution in [0.25, 0.3) is 33.4 Å². The zero-order valence-corrected chi connectivity index (χ0v) is 22.6. The number of carbonyl (C=O) groups is 2. The first-order chi connectivity index (χ1) is 19.1. The SMILES string of the molecule is C=C(C)C(=O)Nc1ccc(-c2c(-c3ccc(C(=O)N(C)Cc4noc(C)n4)cc3)c3c(N)ncnc3n2C)cc1. The van der Waals surface area contributed by atoms with E-state index < -0.39 is 0 Å². The van der Waals surface area contributed by atoms with Crippen molar-refractivity contribution in [2.45, 2.75) is 20.4 Å². The lowest BCUT2D eigenvalue weighted by molar-refractivity contribution is -0.112. The van der Waals surface area contributed by atoms with Gasteiger partial charge in [0.25, 0.3) is 11.8 Å². The highest BCUT2D eigenvalue weighted by atomic mass is 16.5. The highest BCUT2D eigenvalue weighted by Gasteiger charge is 2.22. The van der Waals surface area contributed by atoms with Crippen LogP contribution in [-0.2, 0) is 18.4 Å². The molecule has 0 fully saturated rings. The molecule has 2 aromatic carbocycles. The van der Waals surface area contributed by atoms with E-state index in [1.165, 1.54) is 11.2 Å². The molecule has 0 aliphatic heterocycles. The number of carbonyl (C=O) groups excluding carboxylic acids is 2. The summed E-state index contributed by atoms with van der Waals surface area (Å²) in [5, 5.41) is 7.39. The fraction of sp³-hybridized carbons (Fsp3) is 0.172. The highest BCUT2D eigenvalue weighted by molar-refractivity contribution is 6.08. The minimum Gasteiger partial charge on any atom is -0.383 e. The van der Waals surface area contributed by atoms with E-state index in [1.54, 1.807) is 33.0 Å². The van der Waals surface area contributed by atoms with Crippen LogP contribution in [0, 0.1) is 6.92 Å². The van der Waals surface area contributed by atoms with E-state index in [2.05, 4.69) is 32.0 Å². The third kappa shape index (κ3) is 4.92. The van der Waals surface area contributed by atoms with Crippen molar-refractivity contribution in [1.82, 2.24) is 29.6 Å². The number of nitrogens with two attached hydrogens (primary N) is 1. The van der Waals surface area contributed by atoms with Crippen molar-refractivity contribution < 1.29 is 14.1 Å². The molecule has 5 rings (SSSR count). The minimum absolute atomic E-state index is 0.178. The molecule has 0 radical (unpaired) electrons. The summed E-state index contributed by atoms with van der Waals surface area (Å²) in [6, 6.07) is 14.8. The van der Waals surface area contributed by atoms with E-state index in [4.69, 9.17) is 10.3 Å². The van der Waals surface area contributed by atoms with Crippen LogP contribution in [0.5, 0.6) is 0 Å². The van der Waals surface area contributed by atoms with Crippen molar-refractivity contribution in [2.24, 2.45) is 7.05 Å². The zero-order valence-electron chi connectivity index (χ0n) is 22.6. The van der Waals surface area contributed by atoms with Crippen LogP contribution in [0.4, 0.5) is 11.5 Å². The molecule has 5 aromatic rings. The zero-order chi connectivity index (χ0) is 28.6. The number of aromatic nitrogens is 5. The average molecular weight is 537 g/mol. The summed E-state index contributed by atoms with van der Waals surface area (Å²) in [5.41, 5.74) is 12.0. The Morgan fingerprint density at radius 3 is 2.38 bits per heavy atom. The molecule has 0 saturated heterocycles. The Labute approximate surface area is 230 Å². The lowest BCUT2D eigenvalue weighted by Crippen LogP contribution is -2.26. The first-order valence-corrected chi connectivity index (χ1v) is 12.4. The molecule has 3 heterocycles.